The molecule has 0 fully saturated rings. The van der Waals surface area contributed by atoms with Crippen LogP contribution in [0.1, 0.15) is 0 Å². The fourth-order valence-corrected chi connectivity index (χ4v) is 2.62. The number of nitrogens with one attached hydrogen (secondary N) is 2. The monoisotopic (exact) mass is 326 g/mol. The molecule has 6 nitrogen and oxygen atoms in total. The molecule has 2 aromatic carbocycles. The number of hydrogen-bond acceptors (Lipinski definition) is 5. The summed E-state index contributed by atoms with van der Waals surface area (Å²) in [5, 5.41) is 4.87. The van der Waals surface area contributed by atoms with E-state index < -0.39 is 10.0 Å². The molecule has 116 valence electrons. The van der Waals surface area contributed by atoms with E-state index in [1.807, 2.05) is 30.3 Å². The van der Waals surface area contributed by atoms with E-state index in [2.05, 4.69) is 26.6 Å². The fourth-order valence-electron chi connectivity index (χ4n) is 2.08. The topological polar surface area (TPSA) is 84.0 Å². The molecule has 0 saturated carbocycles. The average Bonchev–Trinajstić information content (AvgIpc) is 2.55. The number of fused-ring (bicyclic) bond motifs is 1. The van der Waals surface area contributed by atoms with Gasteiger partial charge in [-0.1, -0.05) is 24.8 Å². The van der Waals surface area contributed by atoms with E-state index in [0.717, 1.165) is 16.5 Å². The molecule has 0 aliphatic rings. The fraction of sp³-hybridized carbons (Fsp3) is 0. The Morgan fingerprint density at radius 2 is 1.78 bits per heavy atom. The minimum absolute atomic E-state index is 0.418. The molecule has 0 saturated heterocycles. The lowest BCUT2D eigenvalue weighted by atomic mass is 10.2. The normalized spacial score (nSPS) is 11.1. The molecule has 0 unspecified atom stereocenters. The Bertz CT molecular complexity index is 956. The highest BCUT2D eigenvalue weighted by Crippen LogP contribution is 2.25. The lowest BCUT2D eigenvalue weighted by molar-refractivity contribution is 0.609. The highest BCUT2D eigenvalue weighted by Gasteiger charge is 2.08. The van der Waals surface area contributed by atoms with Crippen molar-refractivity contribution in [2.45, 2.75) is 0 Å². The molecule has 7 heteroatoms. The molecule has 1 heterocycles. The largest absolute Gasteiger partial charge is 0.340 e. The Balaban J connectivity index is 1.98. The van der Waals surface area contributed by atoms with Crippen molar-refractivity contribution in [3.8, 4) is 0 Å². The van der Waals surface area contributed by atoms with E-state index in [0.29, 0.717) is 17.0 Å². The number of para-hydroxylation sites is 1. The molecule has 3 aromatic rings. The van der Waals surface area contributed by atoms with Gasteiger partial charge in [-0.05, 0) is 30.3 Å². The summed E-state index contributed by atoms with van der Waals surface area (Å²) in [7, 11) is -3.54. The van der Waals surface area contributed by atoms with Gasteiger partial charge in [0.15, 0.2) is 0 Å². The van der Waals surface area contributed by atoms with Crippen LogP contribution < -0.4 is 10.0 Å². The highest BCUT2D eigenvalue weighted by atomic mass is 32.2. The molecule has 0 radical (unpaired) electrons. The van der Waals surface area contributed by atoms with Crippen LogP contribution in [0.2, 0.25) is 0 Å². The quantitative estimate of drug-likeness (QED) is 0.752. The summed E-state index contributed by atoms with van der Waals surface area (Å²) in [5.74, 6) is 0.652. The van der Waals surface area contributed by atoms with Crippen LogP contribution in [0.25, 0.3) is 10.9 Å². The predicted molar refractivity (Wildman–Crippen MR) is 92.0 cm³/mol. The van der Waals surface area contributed by atoms with Gasteiger partial charge in [0.2, 0.25) is 0 Å². The first-order valence-electron chi connectivity index (χ1n) is 6.79. The smallest absolute Gasteiger partial charge is 0.254 e. The van der Waals surface area contributed by atoms with Crippen molar-refractivity contribution in [1.82, 2.24) is 9.97 Å². The lowest BCUT2D eigenvalue weighted by Gasteiger charge is -2.09. The SMILES string of the molecule is C=CS(=O)(=O)Nc1ccc2c(Nc3ccccc3)ncnc2c1. The Morgan fingerprint density at radius 3 is 2.52 bits per heavy atom. The number of rotatable bonds is 5. The van der Waals surface area contributed by atoms with Crippen LogP contribution in [-0.2, 0) is 10.0 Å². The van der Waals surface area contributed by atoms with Crippen molar-refractivity contribution in [1.29, 1.82) is 0 Å². The van der Waals surface area contributed by atoms with E-state index in [1.54, 1.807) is 18.2 Å². The summed E-state index contributed by atoms with van der Waals surface area (Å²) in [4.78, 5) is 8.43. The van der Waals surface area contributed by atoms with Crippen LogP contribution in [0.5, 0.6) is 0 Å². The second-order valence-electron chi connectivity index (χ2n) is 4.76. The maximum absolute atomic E-state index is 11.5. The first-order chi connectivity index (χ1) is 11.1. The Morgan fingerprint density at radius 1 is 1.00 bits per heavy atom. The first kappa shape index (κ1) is 15.0. The van der Waals surface area contributed by atoms with Gasteiger partial charge < -0.3 is 5.32 Å². The van der Waals surface area contributed by atoms with Gasteiger partial charge in [-0.2, -0.15) is 0 Å². The zero-order chi connectivity index (χ0) is 16.3. The summed E-state index contributed by atoms with van der Waals surface area (Å²) >= 11 is 0. The Labute approximate surface area is 134 Å². The highest BCUT2D eigenvalue weighted by molar-refractivity contribution is 7.95. The van der Waals surface area contributed by atoms with Gasteiger partial charge in [0.1, 0.15) is 12.1 Å². The van der Waals surface area contributed by atoms with E-state index in [4.69, 9.17) is 0 Å². The summed E-state index contributed by atoms with van der Waals surface area (Å²) in [6, 6.07) is 14.7. The number of anilines is 3. The molecule has 3 rings (SSSR count). The predicted octanol–water partition coefficient (Wildman–Crippen LogP) is 3.26. The van der Waals surface area contributed by atoms with Crippen LogP contribution in [0.4, 0.5) is 17.2 Å². The molecular formula is C16H14N4O2S. The van der Waals surface area contributed by atoms with Crippen molar-refractivity contribution < 1.29 is 8.42 Å². The second-order valence-corrected chi connectivity index (χ2v) is 6.39. The van der Waals surface area contributed by atoms with Crippen LogP contribution in [0.15, 0.2) is 66.8 Å². The third-order valence-electron chi connectivity index (χ3n) is 3.15. The Kier molecular flexibility index (Phi) is 3.94. The van der Waals surface area contributed by atoms with Crippen LogP contribution >= 0.6 is 0 Å². The molecule has 1 aromatic heterocycles. The van der Waals surface area contributed by atoms with Gasteiger partial charge >= 0.3 is 0 Å². The third kappa shape index (κ3) is 3.46. The third-order valence-corrected chi connectivity index (χ3v) is 4.11. The van der Waals surface area contributed by atoms with Gasteiger partial charge in [-0.3, -0.25) is 4.72 Å². The van der Waals surface area contributed by atoms with Crippen LogP contribution in [0.3, 0.4) is 0 Å². The Hall–Kier alpha value is -2.93. The maximum Gasteiger partial charge on any atom is 0.254 e. The van der Waals surface area contributed by atoms with Gasteiger partial charge in [0.25, 0.3) is 10.0 Å². The van der Waals surface area contributed by atoms with Gasteiger partial charge in [0.05, 0.1) is 11.2 Å². The van der Waals surface area contributed by atoms with Crippen molar-refractivity contribution in [2.24, 2.45) is 0 Å². The molecule has 23 heavy (non-hydrogen) atoms. The van der Waals surface area contributed by atoms with Crippen molar-refractivity contribution in [3.05, 3.63) is 66.8 Å². The van der Waals surface area contributed by atoms with Crippen molar-refractivity contribution in [3.63, 3.8) is 0 Å². The van der Waals surface area contributed by atoms with Gasteiger partial charge in [-0.15, -0.1) is 0 Å². The summed E-state index contributed by atoms with van der Waals surface area (Å²) in [6.07, 6.45) is 1.43. The summed E-state index contributed by atoms with van der Waals surface area (Å²) in [6.45, 7) is 3.27. The van der Waals surface area contributed by atoms with Gasteiger partial charge in [-0.25, -0.2) is 18.4 Å². The molecule has 0 spiro atoms. The standard InChI is InChI=1S/C16H14N4O2S/c1-2-23(21,22)20-13-8-9-14-15(10-13)17-11-18-16(14)19-12-6-4-3-5-7-12/h2-11,20H,1H2,(H,17,18,19). The number of benzene rings is 2. The molecule has 0 aliphatic carbocycles. The molecule has 0 atom stereocenters. The number of sulfonamides is 1. The number of hydrogen-bond donors (Lipinski definition) is 2. The minimum atomic E-state index is -3.54. The van der Waals surface area contributed by atoms with Crippen molar-refractivity contribution >= 4 is 38.1 Å². The van der Waals surface area contributed by atoms with E-state index >= 15 is 0 Å². The first-order valence-corrected chi connectivity index (χ1v) is 8.34. The molecule has 0 amide bonds. The molecular weight excluding hydrogens is 312 g/mol. The zero-order valence-corrected chi connectivity index (χ0v) is 12.9. The van der Waals surface area contributed by atoms with E-state index in [1.165, 1.54) is 6.33 Å². The number of aromatic nitrogens is 2. The van der Waals surface area contributed by atoms with Crippen LogP contribution in [0, 0.1) is 0 Å². The minimum Gasteiger partial charge on any atom is -0.340 e. The van der Waals surface area contributed by atoms with E-state index in [-0.39, 0.29) is 0 Å². The molecule has 0 bridgehead atoms. The summed E-state index contributed by atoms with van der Waals surface area (Å²) < 4.78 is 25.5. The second kappa shape index (κ2) is 6.05. The lowest BCUT2D eigenvalue weighted by Crippen LogP contribution is -2.08. The summed E-state index contributed by atoms with van der Waals surface area (Å²) in [5.41, 5.74) is 1.95. The van der Waals surface area contributed by atoms with Gasteiger partial charge in [0, 0.05) is 16.5 Å². The van der Waals surface area contributed by atoms with E-state index in [9.17, 15) is 8.42 Å². The molecule has 2 N–H and O–H groups in total. The zero-order valence-electron chi connectivity index (χ0n) is 12.1. The maximum atomic E-state index is 11.5. The number of nitrogens with zero attached hydrogens (tertiary/aromatic N) is 2. The van der Waals surface area contributed by atoms with Crippen molar-refractivity contribution in [2.75, 3.05) is 10.0 Å². The molecule has 0 aliphatic heterocycles. The van der Waals surface area contributed by atoms with Crippen LogP contribution in [-0.4, -0.2) is 18.4 Å². The average molecular weight is 326 g/mol.